The quantitative estimate of drug-likeness (QED) is 0.695. The van der Waals surface area contributed by atoms with E-state index in [1.807, 2.05) is 55.5 Å². The van der Waals surface area contributed by atoms with Gasteiger partial charge in [0.05, 0.1) is 0 Å². The first-order valence-electron chi connectivity index (χ1n) is 8.65. The maximum Gasteiger partial charge on any atom is 0.251 e. The molecule has 2 aromatic carbocycles. The smallest absolute Gasteiger partial charge is 0.251 e. The predicted molar refractivity (Wildman–Crippen MR) is 106 cm³/mol. The van der Waals surface area contributed by atoms with Crippen molar-refractivity contribution in [3.05, 3.63) is 80.6 Å². The minimum Gasteiger partial charge on any atom is -0.356 e. The van der Waals surface area contributed by atoms with Crippen molar-refractivity contribution in [3.8, 4) is 0 Å². The lowest BCUT2D eigenvalue weighted by atomic mass is 10.1. The number of carbonyl (C=O) groups is 1. The topological polar surface area (TPSA) is 62.0 Å². The third-order valence-corrected chi connectivity index (χ3v) is 4.56. The molecule has 0 bridgehead atoms. The van der Waals surface area contributed by atoms with Gasteiger partial charge < -0.3 is 10.3 Å². The van der Waals surface area contributed by atoms with Gasteiger partial charge in [0.1, 0.15) is 0 Å². The molecule has 0 atom stereocenters. The van der Waals surface area contributed by atoms with Crippen molar-refractivity contribution in [2.45, 2.75) is 26.2 Å². The van der Waals surface area contributed by atoms with Gasteiger partial charge in [0, 0.05) is 29.1 Å². The van der Waals surface area contributed by atoms with Crippen LogP contribution < -0.4 is 10.9 Å². The molecule has 3 rings (SSSR count). The fraction of sp³-hybridized carbons (Fsp3) is 0.238. The number of benzene rings is 2. The van der Waals surface area contributed by atoms with E-state index >= 15 is 0 Å². The van der Waals surface area contributed by atoms with Crippen molar-refractivity contribution >= 4 is 28.4 Å². The highest BCUT2D eigenvalue weighted by molar-refractivity contribution is 6.30. The van der Waals surface area contributed by atoms with E-state index in [0.717, 1.165) is 22.0 Å². The zero-order valence-electron chi connectivity index (χ0n) is 14.6. The van der Waals surface area contributed by atoms with Crippen molar-refractivity contribution in [2.24, 2.45) is 0 Å². The molecule has 5 heteroatoms. The molecule has 1 heterocycles. The van der Waals surface area contributed by atoms with Gasteiger partial charge in [-0.05, 0) is 61.0 Å². The van der Waals surface area contributed by atoms with Gasteiger partial charge >= 0.3 is 0 Å². The minimum atomic E-state index is -0.102. The molecule has 26 heavy (non-hydrogen) atoms. The molecule has 0 saturated heterocycles. The second-order valence-electron chi connectivity index (χ2n) is 6.44. The summed E-state index contributed by atoms with van der Waals surface area (Å²) < 4.78 is 0. The Hall–Kier alpha value is -2.59. The summed E-state index contributed by atoms with van der Waals surface area (Å²) in [5, 5.41) is 4.56. The first kappa shape index (κ1) is 18.2. The van der Waals surface area contributed by atoms with Crippen LogP contribution in [0, 0.1) is 6.92 Å². The number of halogens is 1. The number of aromatic nitrogens is 1. The molecular formula is C21H21ClN2O2. The summed E-state index contributed by atoms with van der Waals surface area (Å²) in [4.78, 5) is 27.1. The van der Waals surface area contributed by atoms with Crippen molar-refractivity contribution < 1.29 is 4.79 Å². The molecule has 0 unspecified atom stereocenters. The number of carbonyl (C=O) groups excluding carboxylic acids is 1. The summed E-state index contributed by atoms with van der Waals surface area (Å²) in [6.45, 7) is 2.46. The maximum absolute atomic E-state index is 12.2. The zero-order chi connectivity index (χ0) is 18.5. The highest BCUT2D eigenvalue weighted by Crippen LogP contribution is 2.14. The molecule has 0 spiro atoms. The molecule has 0 fully saturated rings. The Balaban J connectivity index is 1.54. The molecule has 1 amide bonds. The average Bonchev–Trinajstić information content (AvgIpc) is 2.61. The summed E-state index contributed by atoms with van der Waals surface area (Å²) >= 11 is 5.94. The van der Waals surface area contributed by atoms with Crippen LogP contribution in [0.2, 0.25) is 5.02 Å². The Morgan fingerprint density at radius 1 is 1.12 bits per heavy atom. The van der Waals surface area contributed by atoms with Crippen LogP contribution in [0.3, 0.4) is 0 Å². The van der Waals surface area contributed by atoms with Gasteiger partial charge in [-0.25, -0.2) is 0 Å². The lowest BCUT2D eigenvalue weighted by Crippen LogP contribution is -2.27. The van der Waals surface area contributed by atoms with Gasteiger partial charge in [-0.15, -0.1) is 0 Å². The molecule has 134 valence electrons. The third-order valence-electron chi connectivity index (χ3n) is 4.32. The molecule has 0 radical (unpaired) electrons. The van der Waals surface area contributed by atoms with Crippen LogP contribution in [0.25, 0.3) is 10.9 Å². The Kier molecular flexibility index (Phi) is 5.74. The number of nitrogens with one attached hydrogen (secondary N) is 2. The summed E-state index contributed by atoms with van der Waals surface area (Å²) in [6.07, 6.45) is 1.54. The zero-order valence-corrected chi connectivity index (χ0v) is 15.4. The number of H-pyrrole nitrogens is 1. The molecule has 0 aliphatic rings. The van der Waals surface area contributed by atoms with Crippen molar-refractivity contribution in [3.63, 3.8) is 0 Å². The lowest BCUT2D eigenvalue weighted by molar-refractivity contribution is -0.121. The third kappa shape index (κ3) is 4.73. The second-order valence-corrected chi connectivity index (χ2v) is 6.88. The molecule has 0 aliphatic heterocycles. The van der Waals surface area contributed by atoms with E-state index in [-0.39, 0.29) is 11.5 Å². The molecule has 4 nitrogen and oxygen atoms in total. The van der Waals surface area contributed by atoms with E-state index in [1.54, 1.807) is 0 Å². The highest BCUT2D eigenvalue weighted by atomic mass is 35.5. The monoisotopic (exact) mass is 368 g/mol. The lowest BCUT2D eigenvalue weighted by Gasteiger charge is -2.07. The fourth-order valence-electron chi connectivity index (χ4n) is 2.93. The largest absolute Gasteiger partial charge is 0.356 e. The van der Waals surface area contributed by atoms with Crippen molar-refractivity contribution in [1.29, 1.82) is 0 Å². The van der Waals surface area contributed by atoms with E-state index in [9.17, 15) is 9.59 Å². The molecule has 3 aromatic rings. The van der Waals surface area contributed by atoms with E-state index in [2.05, 4.69) is 10.3 Å². The van der Waals surface area contributed by atoms with Crippen LogP contribution in [-0.2, 0) is 17.6 Å². The Morgan fingerprint density at radius 2 is 1.96 bits per heavy atom. The first-order chi connectivity index (χ1) is 12.5. The molecule has 1 aromatic heterocycles. The van der Waals surface area contributed by atoms with Crippen LogP contribution in [0.15, 0.2) is 53.3 Å². The Morgan fingerprint density at radius 3 is 2.77 bits per heavy atom. The fourth-order valence-corrected chi connectivity index (χ4v) is 3.15. The summed E-state index contributed by atoms with van der Waals surface area (Å²) in [6, 6.07) is 15.3. The van der Waals surface area contributed by atoms with E-state index in [0.29, 0.717) is 36.4 Å². The summed E-state index contributed by atoms with van der Waals surface area (Å²) in [7, 11) is 0. The second kappa shape index (κ2) is 8.19. The first-order valence-corrected chi connectivity index (χ1v) is 9.03. The summed E-state index contributed by atoms with van der Waals surface area (Å²) in [5.74, 6) is -0.0296. The highest BCUT2D eigenvalue weighted by Gasteiger charge is 2.06. The van der Waals surface area contributed by atoms with Gasteiger partial charge in [-0.1, -0.05) is 35.4 Å². The van der Waals surface area contributed by atoms with Crippen molar-refractivity contribution in [1.82, 2.24) is 10.3 Å². The van der Waals surface area contributed by atoms with Crippen LogP contribution in [-0.4, -0.2) is 17.4 Å². The van der Waals surface area contributed by atoms with Gasteiger partial charge in [0.25, 0.3) is 5.56 Å². The minimum absolute atomic E-state index is 0.0296. The van der Waals surface area contributed by atoms with Gasteiger partial charge in [0.2, 0.25) is 5.91 Å². The Labute approximate surface area is 157 Å². The number of aromatic amines is 1. The predicted octanol–water partition coefficient (Wildman–Crippen LogP) is 3.78. The normalized spacial score (nSPS) is 10.8. The van der Waals surface area contributed by atoms with Crippen LogP contribution in [0.1, 0.15) is 23.1 Å². The van der Waals surface area contributed by atoms with E-state index < -0.39 is 0 Å². The number of fused-ring (bicyclic) bond motifs is 1. The van der Waals surface area contributed by atoms with Crippen LogP contribution >= 0.6 is 11.6 Å². The number of rotatable bonds is 6. The number of hydrogen-bond acceptors (Lipinski definition) is 2. The number of aryl methyl sites for hydroxylation is 2. The van der Waals surface area contributed by atoms with Crippen LogP contribution in [0.5, 0.6) is 0 Å². The van der Waals surface area contributed by atoms with E-state index in [1.165, 1.54) is 0 Å². The average molecular weight is 369 g/mol. The molecule has 0 saturated carbocycles. The Bertz CT molecular complexity index is 995. The number of pyridine rings is 1. The molecular weight excluding hydrogens is 348 g/mol. The van der Waals surface area contributed by atoms with Gasteiger partial charge in [-0.3, -0.25) is 9.59 Å². The standard InChI is InChI=1S/C21H21ClN2O2/c1-14-5-7-19-17(11-14)13-16(21(26)24-19)9-10-23-20(25)8-6-15-3-2-4-18(22)12-15/h2-5,7,11-13H,6,8-10H2,1H3,(H,23,25)(H,24,26). The van der Waals surface area contributed by atoms with Gasteiger partial charge in [0.15, 0.2) is 0 Å². The number of hydrogen-bond donors (Lipinski definition) is 2. The maximum atomic E-state index is 12.2. The van der Waals surface area contributed by atoms with E-state index in [4.69, 9.17) is 11.6 Å². The molecule has 2 N–H and O–H groups in total. The molecule has 0 aliphatic carbocycles. The van der Waals surface area contributed by atoms with Gasteiger partial charge in [-0.2, -0.15) is 0 Å². The SMILES string of the molecule is Cc1ccc2[nH]c(=O)c(CCNC(=O)CCc3cccc(Cl)c3)cc2c1. The van der Waals surface area contributed by atoms with Crippen molar-refractivity contribution in [2.75, 3.05) is 6.54 Å². The van der Waals surface area contributed by atoms with Crippen LogP contribution in [0.4, 0.5) is 0 Å². The summed E-state index contributed by atoms with van der Waals surface area (Å²) in [5.41, 5.74) is 3.58. The number of amides is 1.